The first-order chi connectivity index (χ1) is 20.6. The molecule has 7 heteroatoms. The predicted molar refractivity (Wildman–Crippen MR) is 166 cm³/mol. The Morgan fingerprint density at radius 1 is 0.976 bits per heavy atom. The maximum Gasteiger partial charge on any atom is 0.254 e. The van der Waals surface area contributed by atoms with Crippen molar-refractivity contribution in [3.63, 3.8) is 0 Å². The van der Waals surface area contributed by atoms with Gasteiger partial charge in [0.15, 0.2) is 0 Å². The lowest BCUT2D eigenvalue weighted by atomic mass is 9.99. The van der Waals surface area contributed by atoms with Crippen molar-refractivity contribution >= 4 is 22.6 Å². The van der Waals surface area contributed by atoms with Gasteiger partial charge in [-0.25, -0.2) is 4.98 Å². The average Bonchev–Trinajstić information content (AvgIpc) is 3.73. The van der Waals surface area contributed by atoms with Crippen LogP contribution in [0.5, 0.6) is 0 Å². The number of likely N-dealkylation sites (tertiary alicyclic amines) is 2. The van der Waals surface area contributed by atoms with Crippen molar-refractivity contribution in [2.24, 2.45) is 0 Å². The van der Waals surface area contributed by atoms with E-state index in [2.05, 4.69) is 21.2 Å². The third kappa shape index (κ3) is 6.15. The van der Waals surface area contributed by atoms with Gasteiger partial charge in [-0.15, -0.1) is 0 Å². The van der Waals surface area contributed by atoms with E-state index in [-0.39, 0.29) is 24.6 Å². The van der Waals surface area contributed by atoms with Crippen LogP contribution in [-0.2, 0) is 6.42 Å². The summed E-state index contributed by atoms with van der Waals surface area (Å²) < 4.78 is 0. The lowest BCUT2D eigenvalue weighted by molar-refractivity contribution is 0.0710. The van der Waals surface area contributed by atoms with Crippen LogP contribution in [0.3, 0.4) is 0 Å². The molecule has 2 aliphatic heterocycles. The summed E-state index contributed by atoms with van der Waals surface area (Å²) in [5.41, 5.74) is 5.04. The number of aliphatic hydroxyl groups is 1. The summed E-state index contributed by atoms with van der Waals surface area (Å²) in [4.78, 5) is 23.8. The summed E-state index contributed by atoms with van der Waals surface area (Å²) in [6, 6.07) is 27.6. The van der Waals surface area contributed by atoms with Crippen LogP contribution in [0.4, 0.5) is 5.82 Å². The molecule has 4 aromatic rings. The number of nitrogens with one attached hydrogen (secondary N) is 1. The van der Waals surface area contributed by atoms with Crippen LogP contribution >= 0.6 is 0 Å². The maximum atomic E-state index is 14.3. The molecule has 0 radical (unpaired) electrons. The van der Waals surface area contributed by atoms with Gasteiger partial charge in [0.1, 0.15) is 5.82 Å². The number of benzene rings is 3. The lowest BCUT2D eigenvalue weighted by Gasteiger charge is -2.29. The van der Waals surface area contributed by atoms with Gasteiger partial charge >= 0.3 is 0 Å². The summed E-state index contributed by atoms with van der Waals surface area (Å²) in [7, 11) is 0. The van der Waals surface area contributed by atoms with Crippen molar-refractivity contribution in [2.45, 2.75) is 44.2 Å². The van der Waals surface area contributed by atoms with Gasteiger partial charge in [0, 0.05) is 24.5 Å². The molecule has 1 amide bonds. The first-order valence-electron chi connectivity index (χ1n) is 15.0. The summed E-state index contributed by atoms with van der Waals surface area (Å²) in [5, 5.41) is 23.6. The molecule has 3 heterocycles. The first kappa shape index (κ1) is 27.9. The zero-order valence-corrected chi connectivity index (χ0v) is 23.9. The quantitative estimate of drug-likeness (QED) is 0.282. The summed E-state index contributed by atoms with van der Waals surface area (Å²) >= 11 is 0. The van der Waals surface area contributed by atoms with Crippen molar-refractivity contribution in [1.29, 1.82) is 5.26 Å². The second-order valence-corrected chi connectivity index (χ2v) is 11.5. The fraction of sp³-hybridized carbons (Fsp3) is 0.343. The summed E-state index contributed by atoms with van der Waals surface area (Å²) in [5.74, 6) is 0.620. The highest BCUT2D eigenvalue weighted by Gasteiger charge is 2.32. The minimum absolute atomic E-state index is 0.0349. The van der Waals surface area contributed by atoms with Crippen molar-refractivity contribution in [2.75, 3.05) is 38.1 Å². The zero-order chi connectivity index (χ0) is 28.9. The molecule has 0 spiro atoms. The summed E-state index contributed by atoms with van der Waals surface area (Å²) in [6.07, 6.45) is 5.15. The largest absolute Gasteiger partial charge is 0.394 e. The van der Waals surface area contributed by atoms with E-state index in [1.165, 1.54) is 12.8 Å². The Hall–Kier alpha value is -4.25. The van der Waals surface area contributed by atoms with E-state index in [0.717, 1.165) is 66.6 Å². The van der Waals surface area contributed by atoms with Crippen molar-refractivity contribution in [3.05, 3.63) is 95.6 Å². The van der Waals surface area contributed by atoms with Crippen LogP contribution in [-0.4, -0.2) is 70.7 Å². The van der Waals surface area contributed by atoms with Gasteiger partial charge < -0.3 is 20.2 Å². The number of hydrogen-bond acceptors (Lipinski definition) is 6. The number of rotatable bonds is 9. The Morgan fingerprint density at radius 2 is 1.74 bits per heavy atom. The van der Waals surface area contributed by atoms with E-state index < -0.39 is 0 Å². The third-order valence-electron chi connectivity index (χ3n) is 8.59. The van der Waals surface area contributed by atoms with Gasteiger partial charge in [0.25, 0.3) is 5.91 Å². The number of aromatic nitrogens is 1. The first-order valence-corrected chi connectivity index (χ1v) is 15.0. The fourth-order valence-electron chi connectivity index (χ4n) is 6.37. The highest BCUT2D eigenvalue weighted by molar-refractivity contribution is 6.08. The van der Waals surface area contributed by atoms with Crippen molar-refractivity contribution in [1.82, 2.24) is 14.8 Å². The minimum Gasteiger partial charge on any atom is -0.394 e. The molecule has 2 fully saturated rings. The average molecular weight is 560 g/mol. The number of amides is 1. The molecule has 214 valence electrons. The lowest BCUT2D eigenvalue weighted by Crippen LogP contribution is -2.42. The Bertz CT molecular complexity index is 1580. The van der Waals surface area contributed by atoms with Gasteiger partial charge in [-0.3, -0.25) is 4.79 Å². The molecule has 0 unspecified atom stereocenters. The molecular formula is C35H37N5O2. The molecule has 2 atom stereocenters. The Labute approximate surface area is 247 Å². The van der Waals surface area contributed by atoms with Crippen molar-refractivity contribution < 1.29 is 9.90 Å². The molecule has 7 nitrogen and oxygen atoms in total. The number of anilines is 1. The fourth-order valence-corrected chi connectivity index (χ4v) is 6.37. The molecule has 42 heavy (non-hydrogen) atoms. The number of carbonyl (C=O) groups excluding carboxylic acids is 1. The highest BCUT2D eigenvalue weighted by Crippen LogP contribution is 2.31. The molecule has 1 aromatic heterocycles. The molecule has 3 aromatic carbocycles. The van der Waals surface area contributed by atoms with E-state index >= 15 is 0 Å². The number of hydrogen-bond donors (Lipinski definition) is 2. The number of aliphatic hydroxyl groups excluding tert-OH is 1. The van der Waals surface area contributed by atoms with E-state index in [1.807, 2.05) is 78.9 Å². The van der Waals surface area contributed by atoms with Gasteiger partial charge in [-0.1, -0.05) is 48.5 Å². The number of pyridine rings is 1. The maximum absolute atomic E-state index is 14.3. The van der Waals surface area contributed by atoms with E-state index in [9.17, 15) is 15.2 Å². The SMILES string of the molecule is N#Cc1ccc(-c2ccc3nc(N[C@H](CO)Cc4ccccc4)cc(C(=O)N4CCC[C@H]4CN4CCCC4)c3c2)cc1. The molecule has 0 saturated carbocycles. The Balaban J connectivity index is 1.36. The number of fused-ring (bicyclic) bond motifs is 1. The number of nitriles is 1. The van der Waals surface area contributed by atoms with Crippen LogP contribution in [0.2, 0.25) is 0 Å². The Morgan fingerprint density at radius 3 is 2.48 bits per heavy atom. The smallest absolute Gasteiger partial charge is 0.254 e. The van der Waals surface area contributed by atoms with Crippen LogP contribution in [0.1, 0.15) is 47.2 Å². The van der Waals surface area contributed by atoms with E-state index in [1.54, 1.807) is 0 Å². The normalized spacial score (nSPS) is 17.8. The van der Waals surface area contributed by atoms with E-state index in [0.29, 0.717) is 23.4 Å². The zero-order valence-electron chi connectivity index (χ0n) is 23.9. The second kappa shape index (κ2) is 12.7. The predicted octanol–water partition coefficient (Wildman–Crippen LogP) is 5.49. The van der Waals surface area contributed by atoms with Gasteiger partial charge in [0.2, 0.25) is 0 Å². The molecule has 0 bridgehead atoms. The topological polar surface area (TPSA) is 92.5 Å². The second-order valence-electron chi connectivity index (χ2n) is 11.5. The van der Waals surface area contributed by atoms with Crippen LogP contribution in [0, 0.1) is 11.3 Å². The van der Waals surface area contributed by atoms with Crippen LogP contribution in [0.25, 0.3) is 22.0 Å². The molecule has 2 N–H and O–H groups in total. The number of carbonyl (C=O) groups is 1. The molecule has 2 saturated heterocycles. The van der Waals surface area contributed by atoms with Crippen LogP contribution in [0.15, 0.2) is 78.9 Å². The summed E-state index contributed by atoms with van der Waals surface area (Å²) in [6.45, 7) is 3.86. The van der Waals surface area contributed by atoms with E-state index in [4.69, 9.17) is 4.98 Å². The Kier molecular flexibility index (Phi) is 8.45. The molecule has 6 rings (SSSR count). The highest BCUT2D eigenvalue weighted by atomic mass is 16.3. The standard InChI is InChI=1S/C35H37N5O2/c36-22-26-10-12-27(13-11-26)28-14-15-33-31(20-28)32(35(42)40-18-6-9-30(40)23-39-16-4-5-17-39)21-34(38-33)37-29(24-41)19-25-7-2-1-3-8-25/h1-3,7-8,10-15,20-21,29-30,41H,4-6,9,16-19,23-24H2,(H,37,38)/t29-,30-/m0/s1. The molecular weight excluding hydrogens is 522 g/mol. The molecule has 0 aliphatic carbocycles. The monoisotopic (exact) mass is 559 g/mol. The number of nitrogens with zero attached hydrogens (tertiary/aromatic N) is 4. The minimum atomic E-state index is -0.243. The van der Waals surface area contributed by atoms with Gasteiger partial charge in [-0.2, -0.15) is 5.26 Å². The molecule has 2 aliphatic rings. The van der Waals surface area contributed by atoms with Gasteiger partial charge in [0.05, 0.1) is 35.4 Å². The van der Waals surface area contributed by atoms with Crippen LogP contribution < -0.4 is 5.32 Å². The van der Waals surface area contributed by atoms with Crippen molar-refractivity contribution in [3.8, 4) is 17.2 Å². The van der Waals surface area contributed by atoms with Gasteiger partial charge in [-0.05, 0) is 92.2 Å². The third-order valence-corrected chi connectivity index (χ3v) is 8.59.